The van der Waals surface area contributed by atoms with E-state index in [0.717, 1.165) is 11.1 Å². The Morgan fingerprint density at radius 1 is 1.29 bits per heavy atom. The van der Waals surface area contributed by atoms with Crippen molar-refractivity contribution in [2.24, 2.45) is 0 Å². The molecule has 0 aliphatic carbocycles. The third-order valence-electron chi connectivity index (χ3n) is 3.98. The number of amides is 2. The molecular formula is C16H22N2O3. The molecule has 0 saturated carbocycles. The smallest absolute Gasteiger partial charge is 0.313 e. The molecule has 0 spiro atoms. The highest BCUT2D eigenvalue weighted by Crippen LogP contribution is 2.18. The summed E-state index contributed by atoms with van der Waals surface area (Å²) >= 11 is 0. The predicted octanol–water partition coefficient (Wildman–Crippen LogP) is 1.88. The number of rotatable bonds is 1. The van der Waals surface area contributed by atoms with Crippen molar-refractivity contribution in [1.29, 1.82) is 0 Å². The third-order valence-corrected chi connectivity index (χ3v) is 3.98. The molecule has 1 heterocycles. The molecule has 0 radical (unpaired) electrons. The quantitative estimate of drug-likeness (QED) is 0.803. The number of carbonyl (C=O) groups excluding carboxylic acids is 2. The van der Waals surface area contributed by atoms with Crippen LogP contribution in [-0.2, 0) is 14.3 Å². The van der Waals surface area contributed by atoms with E-state index in [4.69, 9.17) is 4.74 Å². The van der Waals surface area contributed by atoms with Gasteiger partial charge in [0.1, 0.15) is 0 Å². The number of hydrogen-bond acceptors (Lipinski definition) is 3. The molecule has 1 aromatic rings. The van der Waals surface area contributed by atoms with Crippen molar-refractivity contribution < 1.29 is 14.3 Å². The molecule has 1 saturated heterocycles. The van der Waals surface area contributed by atoms with E-state index in [1.807, 2.05) is 45.9 Å². The summed E-state index contributed by atoms with van der Waals surface area (Å²) in [6.07, 6.45) is -0.0591. The molecule has 0 bridgehead atoms. The number of carbonyl (C=O) groups is 2. The zero-order valence-corrected chi connectivity index (χ0v) is 13.0. The van der Waals surface area contributed by atoms with Gasteiger partial charge in [-0.2, -0.15) is 0 Å². The van der Waals surface area contributed by atoms with Crippen LogP contribution in [-0.4, -0.2) is 42.0 Å². The van der Waals surface area contributed by atoms with Gasteiger partial charge in [0.25, 0.3) is 0 Å². The van der Waals surface area contributed by atoms with Gasteiger partial charge in [0.15, 0.2) is 0 Å². The van der Waals surface area contributed by atoms with E-state index in [0.29, 0.717) is 18.8 Å². The highest BCUT2D eigenvalue weighted by atomic mass is 16.5. The normalized spacial score (nSPS) is 22.0. The van der Waals surface area contributed by atoms with Crippen LogP contribution in [0.4, 0.5) is 5.69 Å². The monoisotopic (exact) mass is 290 g/mol. The number of morpholine rings is 1. The summed E-state index contributed by atoms with van der Waals surface area (Å²) in [6.45, 7) is 8.57. The molecule has 1 aliphatic rings. The van der Waals surface area contributed by atoms with Crippen LogP contribution in [0.25, 0.3) is 0 Å². The van der Waals surface area contributed by atoms with Crippen LogP contribution >= 0.6 is 0 Å². The summed E-state index contributed by atoms with van der Waals surface area (Å²) < 4.78 is 5.48. The molecule has 5 nitrogen and oxygen atoms in total. The fourth-order valence-corrected chi connectivity index (χ4v) is 2.40. The molecule has 2 unspecified atom stereocenters. The minimum Gasteiger partial charge on any atom is -0.375 e. The van der Waals surface area contributed by atoms with Crippen LogP contribution in [0.1, 0.15) is 25.0 Å². The van der Waals surface area contributed by atoms with Crippen molar-refractivity contribution in [3.05, 3.63) is 29.3 Å². The Morgan fingerprint density at radius 2 is 2.00 bits per heavy atom. The highest BCUT2D eigenvalue weighted by Gasteiger charge is 2.32. The first kappa shape index (κ1) is 15.5. The van der Waals surface area contributed by atoms with Crippen molar-refractivity contribution in [2.45, 2.75) is 39.8 Å². The molecule has 114 valence electrons. The number of anilines is 1. The fourth-order valence-electron chi connectivity index (χ4n) is 2.40. The maximum atomic E-state index is 12.3. The highest BCUT2D eigenvalue weighted by molar-refractivity contribution is 6.39. The number of hydrogen-bond donors (Lipinski definition) is 1. The molecule has 0 aromatic heterocycles. The lowest BCUT2D eigenvalue weighted by molar-refractivity contribution is -0.152. The Balaban J connectivity index is 2.09. The fraction of sp³-hybridized carbons (Fsp3) is 0.500. The van der Waals surface area contributed by atoms with E-state index in [1.165, 1.54) is 0 Å². The molecule has 2 rings (SSSR count). The molecule has 1 aromatic carbocycles. The van der Waals surface area contributed by atoms with Gasteiger partial charge < -0.3 is 15.0 Å². The van der Waals surface area contributed by atoms with E-state index in [1.54, 1.807) is 4.90 Å². The van der Waals surface area contributed by atoms with Gasteiger partial charge in [-0.1, -0.05) is 12.1 Å². The Labute approximate surface area is 125 Å². The summed E-state index contributed by atoms with van der Waals surface area (Å²) in [7, 11) is 0. The van der Waals surface area contributed by atoms with Gasteiger partial charge in [0.2, 0.25) is 0 Å². The van der Waals surface area contributed by atoms with E-state index in [-0.39, 0.29) is 12.1 Å². The van der Waals surface area contributed by atoms with Gasteiger partial charge in [-0.25, -0.2) is 0 Å². The average molecular weight is 290 g/mol. The number of ether oxygens (including phenoxy) is 1. The number of nitrogens with zero attached hydrogens (tertiary/aromatic N) is 1. The first-order valence-electron chi connectivity index (χ1n) is 7.21. The van der Waals surface area contributed by atoms with Gasteiger partial charge in [-0.05, 0) is 44.9 Å². The maximum Gasteiger partial charge on any atom is 0.313 e. The van der Waals surface area contributed by atoms with Crippen LogP contribution in [0.3, 0.4) is 0 Å². The molecule has 1 N–H and O–H groups in total. The molecule has 21 heavy (non-hydrogen) atoms. The van der Waals surface area contributed by atoms with Crippen LogP contribution in [0.15, 0.2) is 18.2 Å². The number of nitrogens with one attached hydrogen (secondary N) is 1. The van der Waals surface area contributed by atoms with Crippen LogP contribution in [0.5, 0.6) is 0 Å². The largest absolute Gasteiger partial charge is 0.375 e. The Bertz CT molecular complexity index is 556. The van der Waals surface area contributed by atoms with Gasteiger partial charge in [0, 0.05) is 12.2 Å². The van der Waals surface area contributed by atoms with Crippen molar-refractivity contribution in [3.63, 3.8) is 0 Å². The maximum absolute atomic E-state index is 12.3. The predicted molar refractivity (Wildman–Crippen MR) is 81.1 cm³/mol. The SMILES string of the molecule is Cc1ccc(C)c(NC(=O)C(=O)N2CCOC(C)C2C)c1. The first-order valence-corrected chi connectivity index (χ1v) is 7.21. The first-order chi connectivity index (χ1) is 9.90. The topological polar surface area (TPSA) is 58.6 Å². The van der Waals surface area contributed by atoms with Crippen molar-refractivity contribution in [2.75, 3.05) is 18.5 Å². The summed E-state index contributed by atoms with van der Waals surface area (Å²) in [6, 6.07) is 5.66. The Kier molecular flexibility index (Phi) is 4.63. The van der Waals surface area contributed by atoms with E-state index < -0.39 is 11.8 Å². The molecule has 5 heteroatoms. The van der Waals surface area contributed by atoms with E-state index >= 15 is 0 Å². The lowest BCUT2D eigenvalue weighted by atomic mass is 10.1. The second-order valence-corrected chi connectivity index (χ2v) is 5.59. The minimum absolute atomic E-state index is 0.0591. The molecule has 1 aliphatic heterocycles. The third kappa shape index (κ3) is 3.42. The van der Waals surface area contributed by atoms with Gasteiger partial charge in [-0.3, -0.25) is 9.59 Å². The second kappa shape index (κ2) is 6.26. The number of aryl methyl sites for hydroxylation is 2. The minimum atomic E-state index is -0.593. The summed E-state index contributed by atoms with van der Waals surface area (Å²) in [5.41, 5.74) is 2.66. The van der Waals surface area contributed by atoms with E-state index in [9.17, 15) is 9.59 Å². The summed E-state index contributed by atoms with van der Waals surface area (Å²) in [4.78, 5) is 26.1. The van der Waals surface area contributed by atoms with Crippen molar-refractivity contribution in [1.82, 2.24) is 4.90 Å². The summed E-state index contributed by atoms with van der Waals surface area (Å²) in [5.74, 6) is -1.09. The molecule has 1 fully saturated rings. The van der Waals surface area contributed by atoms with Crippen LogP contribution < -0.4 is 5.32 Å². The van der Waals surface area contributed by atoms with Crippen LogP contribution in [0, 0.1) is 13.8 Å². The van der Waals surface area contributed by atoms with Gasteiger partial charge in [0.05, 0.1) is 18.8 Å². The van der Waals surface area contributed by atoms with Crippen LogP contribution in [0.2, 0.25) is 0 Å². The molecular weight excluding hydrogens is 268 g/mol. The molecule has 2 amide bonds. The lowest BCUT2D eigenvalue weighted by Gasteiger charge is -2.37. The summed E-state index contributed by atoms with van der Waals surface area (Å²) in [5, 5.41) is 2.71. The second-order valence-electron chi connectivity index (χ2n) is 5.59. The Hall–Kier alpha value is -1.88. The zero-order chi connectivity index (χ0) is 15.6. The molecule has 2 atom stereocenters. The van der Waals surface area contributed by atoms with E-state index in [2.05, 4.69) is 5.32 Å². The van der Waals surface area contributed by atoms with Crippen molar-refractivity contribution >= 4 is 17.5 Å². The number of benzene rings is 1. The average Bonchev–Trinajstić information content (AvgIpc) is 2.45. The van der Waals surface area contributed by atoms with Crippen molar-refractivity contribution in [3.8, 4) is 0 Å². The Morgan fingerprint density at radius 3 is 2.71 bits per heavy atom. The standard InChI is InChI=1S/C16H22N2O3/c1-10-5-6-11(2)14(9-10)17-15(19)16(20)18-7-8-21-13(4)12(18)3/h5-6,9,12-13H,7-8H2,1-4H3,(H,17,19). The lowest BCUT2D eigenvalue weighted by Crippen LogP contribution is -2.54. The van der Waals surface area contributed by atoms with Gasteiger partial charge >= 0.3 is 11.8 Å². The van der Waals surface area contributed by atoms with Gasteiger partial charge in [-0.15, -0.1) is 0 Å². The zero-order valence-electron chi connectivity index (χ0n) is 13.0.